The third-order valence-electron chi connectivity index (χ3n) is 1.94. The minimum Gasteiger partial charge on any atom is -0.389 e. The number of aryl methyl sites for hydroxylation is 1. The lowest BCUT2D eigenvalue weighted by atomic mass is 10.1. The number of benzene rings is 1. The Morgan fingerprint density at radius 3 is 2.80 bits per heavy atom. The first kappa shape index (κ1) is 10.9. The molecule has 2 rings (SSSR count). The van der Waals surface area contributed by atoms with Crippen molar-refractivity contribution >= 4 is 43.9 Å². The normalized spacial score (nSPS) is 10.6. The zero-order chi connectivity index (χ0) is 11.0. The van der Waals surface area contributed by atoms with Gasteiger partial charge in [0, 0.05) is 10.0 Å². The second kappa shape index (κ2) is 4.12. The second-order valence-electron chi connectivity index (χ2n) is 3.07. The molecule has 1 aromatic heterocycles. The molecule has 0 unspecified atom stereocenters. The third-order valence-corrected chi connectivity index (χ3v) is 3.57. The summed E-state index contributed by atoms with van der Waals surface area (Å²) in [5.41, 5.74) is 7.51. The lowest BCUT2D eigenvalue weighted by Crippen LogP contribution is -1.87. The highest BCUT2D eigenvalue weighted by Gasteiger charge is 2.12. The molecule has 0 aliphatic heterocycles. The lowest BCUT2D eigenvalue weighted by molar-refractivity contribution is 1.30. The van der Waals surface area contributed by atoms with Gasteiger partial charge < -0.3 is 5.73 Å². The minimum atomic E-state index is 0.662. The Morgan fingerprint density at radius 1 is 1.47 bits per heavy atom. The Morgan fingerprint density at radius 2 is 2.20 bits per heavy atom. The molecule has 0 saturated heterocycles. The molecular weight excluding hydrogens is 296 g/mol. The summed E-state index contributed by atoms with van der Waals surface area (Å²) in [6.07, 6.45) is 0. The molecule has 2 nitrogen and oxygen atoms in total. The van der Waals surface area contributed by atoms with E-state index in [9.17, 15) is 0 Å². The van der Waals surface area contributed by atoms with Crippen LogP contribution in [-0.2, 0) is 0 Å². The van der Waals surface area contributed by atoms with E-state index in [1.54, 1.807) is 0 Å². The van der Waals surface area contributed by atoms with Gasteiger partial charge in [-0.2, -0.15) is 0 Å². The van der Waals surface area contributed by atoms with Crippen molar-refractivity contribution in [3.05, 3.63) is 32.7 Å². The predicted molar refractivity (Wildman–Crippen MR) is 69.4 cm³/mol. The highest BCUT2D eigenvalue weighted by atomic mass is 79.9. The molecule has 0 aliphatic carbocycles. The Balaban J connectivity index is 2.62. The van der Waals surface area contributed by atoms with Crippen LogP contribution in [0.1, 0.15) is 5.01 Å². The predicted octanol–water partition coefficient (Wildman–Crippen LogP) is 4.12. The number of rotatable bonds is 1. The van der Waals surface area contributed by atoms with Crippen molar-refractivity contribution in [2.45, 2.75) is 6.92 Å². The molecule has 0 spiro atoms. The minimum absolute atomic E-state index is 0.662. The van der Waals surface area contributed by atoms with Crippen LogP contribution in [0.5, 0.6) is 0 Å². The van der Waals surface area contributed by atoms with Gasteiger partial charge in [0.15, 0.2) is 0 Å². The van der Waals surface area contributed by atoms with E-state index < -0.39 is 0 Å². The van der Waals surface area contributed by atoms with Crippen LogP contribution in [0.3, 0.4) is 0 Å². The van der Waals surface area contributed by atoms with Gasteiger partial charge in [-0.1, -0.05) is 27.5 Å². The fourth-order valence-electron chi connectivity index (χ4n) is 1.31. The van der Waals surface area contributed by atoms with Crippen molar-refractivity contribution < 1.29 is 0 Å². The maximum Gasteiger partial charge on any atom is 0.114 e. The number of nitrogens with zero attached hydrogens (tertiary/aromatic N) is 1. The van der Waals surface area contributed by atoms with Crippen LogP contribution in [0, 0.1) is 6.92 Å². The maximum atomic E-state index is 6.10. The van der Waals surface area contributed by atoms with E-state index in [0.29, 0.717) is 10.0 Å². The van der Waals surface area contributed by atoms with E-state index in [4.69, 9.17) is 17.3 Å². The number of hydrogen-bond donors (Lipinski definition) is 1. The first-order chi connectivity index (χ1) is 7.08. The summed E-state index contributed by atoms with van der Waals surface area (Å²) in [6.45, 7) is 1.93. The van der Waals surface area contributed by atoms with E-state index in [2.05, 4.69) is 20.9 Å². The van der Waals surface area contributed by atoms with Crippen molar-refractivity contribution in [3.63, 3.8) is 0 Å². The summed E-state index contributed by atoms with van der Waals surface area (Å²) < 4.78 is 0.965. The SMILES string of the molecule is Cc1nc(-c2cc(Br)ccc2Cl)c(N)s1. The summed E-state index contributed by atoms with van der Waals surface area (Å²) in [7, 11) is 0. The van der Waals surface area contributed by atoms with Gasteiger partial charge >= 0.3 is 0 Å². The fourth-order valence-corrected chi connectivity index (χ4v) is 2.59. The number of anilines is 1. The smallest absolute Gasteiger partial charge is 0.114 e. The molecule has 0 fully saturated rings. The van der Waals surface area contributed by atoms with E-state index in [-0.39, 0.29) is 0 Å². The monoisotopic (exact) mass is 302 g/mol. The van der Waals surface area contributed by atoms with Crippen LogP contribution in [0.4, 0.5) is 5.00 Å². The van der Waals surface area contributed by atoms with Crippen LogP contribution in [0.15, 0.2) is 22.7 Å². The molecular formula is C10H8BrClN2S. The number of hydrogen-bond acceptors (Lipinski definition) is 3. The number of aromatic nitrogens is 1. The average Bonchev–Trinajstić information content (AvgIpc) is 2.50. The van der Waals surface area contributed by atoms with Gasteiger partial charge in [-0.05, 0) is 25.1 Å². The number of halogens is 2. The molecule has 0 aliphatic rings. The summed E-state index contributed by atoms with van der Waals surface area (Å²) in [5, 5.41) is 2.31. The van der Waals surface area contributed by atoms with E-state index in [1.165, 1.54) is 11.3 Å². The molecule has 78 valence electrons. The van der Waals surface area contributed by atoms with Crippen molar-refractivity contribution in [2.24, 2.45) is 0 Å². The van der Waals surface area contributed by atoms with E-state index >= 15 is 0 Å². The Kier molecular flexibility index (Phi) is 3.00. The average molecular weight is 304 g/mol. The molecule has 0 bridgehead atoms. The van der Waals surface area contributed by atoms with Crippen LogP contribution >= 0.6 is 38.9 Å². The number of thiazole rings is 1. The summed E-state index contributed by atoms with van der Waals surface area (Å²) in [4.78, 5) is 4.37. The molecule has 15 heavy (non-hydrogen) atoms. The number of nitrogens with two attached hydrogens (primary N) is 1. The fraction of sp³-hybridized carbons (Fsp3) is 0.100. The van der Waals surface area contributed by atoms with Crippen molar-refractivity contribution in [1.82, 2.24) is 4.98 Å². The van der Waals surface area contributed by atoms with Crippen LogP contribution in [-0.4, -0.2) is 4.98 Å². The van der Waals surface area contributed by atoms with Crippen LogP contribution in [0.2, 0.25) is 5.02 Å². The molecule has 0 atom stereocenters. The first-order valence-electron chi connectivity index (χ1n) is 4.26. The molecule has 0 amide bonds. The largest absolute Gasteiger partial charge is 0.389 e. The quantitative estimate of drug-likeness (QED) is 0.861. The van der Waals surface area contributed by atoms with Gasteiger partial charge in [0.05, 0.1) is 10.0 Å². The number of nitrogen functional groups attached to an aromatic ring is 1. The van der Waals surface area contributed by atoms with E-state index in [1.807, 2.05) is 25.1 Å². The second-order valence-corrected chi connectivity index (χ2v) is 5.63. The molecule has 1 aromatic carbocycles. The Hall–Kier alpha value is -0.580. The highest BCUT2D eigenvalue weighted by Crippen LogP contribution is 2.36. The summed E-state index contributed by atoms with van der Waals surface area (Å²) in [6, 6.07) is 5.64. The lowest BCUT2D eigenvalue weighted by Gasteiger charge is -2.02. The molecule has 1 heterocycles. The van der Waals surface area contributed by atoms with Gasteiger partial charge in [-0.25, -0.2) is 4.98 Å². The van der Waals surface area contributed by atoms with Crippen LogP contribution < -0.4 is 5.73 Å². The maximum absolute atomic E-state index is 6.10. The van der Waals surface area contributed by atoms with Crippen LogP contribution in [0.25, 0.3) is 11.3 Å². The first-order valence-corrected chi connectivity index (χ1v) is 6.25. The summed E-state index contributed by atoms with van der Waals surface area (Å²) in [5.74, 6) is 0. The Labute approximate surface area is 105 Å². The van der Waals surface area contributed by atoms with Gasteiger partial charge in [0.2, 0.25) is 0 Å². The van der Waals surface area contributed by atoms with Crippen molar-refractivity contribution in [1.29, 1.82) is 0 Å². The molecule has 0 radical (unpaired) electrons. The standard InChI is InChI=1S/C10H8BrClN2S/c1-5-14-9(10(13)15-5)7-4-6(11)2-3-8(7)12/h2-4H,13H2,1H3. The molecule has 0 saturated carbocycles. The van der Waals surface area contributed by atoms with Gasteiger partial charge in [0.25, 0.3) is 0 Å². The molecule has 2 aromatic rings. The van der Waals surface area contributed by atoms with E-state index in [0.717, 1.165) is 20.7 Å². The molecule has 5 heteroatoms. The van der Waals surface area contributed by atoms with Gasteiger partial charge in [-0.15, -0.1) is 11.3 Å². The summed E-state index contributed by atoms with van der Waals surface area (Å²) >= 11 is 11.0. The molecule has 2 N–H and O–H groups in total. The zero-order valence-electron chi connectivity index (χ0n) is 7.92. The Bertz CT molecular complexity index is 510. The van der Waals surface area contributed by atoms with Crippen molar-refractivity contribution in [2.75, 3.05) is 5.73 Å². The topological polar surface area (TPSA) is 38.9 Å². The zero-order valence-corrected chi connectivity index (χ0v) is 11.1. The van der Waals surface area contributed by atoms with Gasteiger partial charge in [0.1, 0.15) is 10.7 Å². The highest BCUT2D eigenvalue weighted by molar-refractivity contribution is 9.10. The van der Waals surface area contributed by atoms with Crippen molar-refractivity contribution in [3.8, 4) is 11.3 Å². The van der Waals surface area contributed by atoms with Gasteiger partial charge in [-0.3, -0.25) is 0 Å². The third kappa shape index (κ3) is 2.17.